The first-order valence-electron chi connectivity index (χ1n) is 6.16. The van der Waals surface area contributed by atoms with Crippen molar-refractivity contribution in [3.63, 3.8) is 0 Å². The summed E-state index contributed by atoms with van der Waals surface area (Å²) in [6, 6.07) is 0. The maximum Gasteiger partial charge on any atom is -0.147 e. The van der Waals surface area contributed by atoms with Gasteiger partial charge in [-0.3, -0.25) is 0 Å². The van der Waals surface area contributed by atoms with Gasteiger partial charge in [0.25, 0.3) is 0 Å². The van der Waals surface area contributed by atoms with Crippen molar-refractivity contribution in [1.82, 2.24) is 0 Å². The third-order valence-corrected chi connectivity index (χ3v) is 20.4. The first-order chi connectivity index (χ1) is 7.72. The fourth-order valence-electron chi connectivity index (χ4n) is 2.48. The van der Waals surface area contributed by atoms with Crippen LogP contribution in [0.3, 0.4) is 0 Å². The first-order valence-corrected chi connectivity index (χ1v) is 14.8. The van der Waals surface area contributed by atoms with Gasteiger partial charge in [-0.05, 0) is 0 Å². The minimum Gasteiger partial charge on any atom is -0.147 e. The summed E-state index contributed by atoms with van der Waals surface area (Å²) in [5.74, 6) is 0. The average Bonchev–Trinajstić information content (AvgIpc) is 2.88. The van der Waals surface area contributed by atoms with Crippen LogP contribution in [0.4, 0.5) is 0 Å². The fourth-order valence-corrected chi connectivity index (χ4v) is 19.4. The summed E-state index contributed by atoms with van der Waals surface area (Å²) in [7, 11) is 0. The van der Waals surface area contributed by atoms with Gasteiger partial charge in [-0.15, -0.1) is 24.8 Å². The Balaban J connectivity index is 0.00000144. The van der Waals surface area contributed by atoms with Crippen LogP contribution in [0.15, 0.2) is 42.5 Å². The second kappa shape index (κ2) is 8.74. The van der Waals surface area contributed by atoms with Crippen molar-refractivity contribution >= 4 is 30.2 Å². The Morgan fingerprint density at radius 2 is 1.89 bits per heavy atom. The van der Waals surface area contributed by atoms with E-state index in [4.69, 9.17) is 0 Å². The van der Waals surface area contributed by atoms with Crippen LogP contribution >= 0.6 is 24.8 Å². The summed E-state index contributed by atoms with van der Waals surface area (Å²) in [6.45, 7) is 7.33. The van der Waals surface area contributed by atoms with E-state index in [1.807, 2.05) is 6.56 Å². The Morgan fingerprint density at radius 3 is 2.33 bits per heavy atom. The molecule has 0 saturated carbocycles. The molecule has 2 aliphatic rings. The molecule has 0 aromatic rings. The normalized spacial score (nSPS) is 16.3. The molecule has 0 bridgehead atoms. The number of rotatable bonds is 3. The molecule has 0 N–H and O–H groups in total. The maximum absolute atomic E-state index is 2.55. The number of hydrogen-bond donors (Lipinski definition) is 0. The van der Waals surface area contributed by atoms with Crippen molar-refractivity contribution < 1.29 is 20.4 Å². The smallest absolute Gasteiger partial charge is 0.147 e. The zero-order chi connectivity index (χ0) is 11.5. The largest absolute Gasteiger partial charge is 0.147 e. The number of allylic oxidation sites excluding steroid dienone is 8. The standard InChI is InChI=1S/C7H9.C5H5.C2H6Si.2ClH.Zr/c1-2-7-5-3-4-6-7;1-2-4-5-3-1;1-3-2;;;/h5-6H,2-3H2,1H3;1-3H,4H2;1-2H3;2*1H;. The van der Waals surface area contributed by atoms with Crippen LogP contribution in [-0.2, 0) is 20.4 Å². The van der Waals surface area contributed by atoms with Crippen LogP contribution in [0.1, 0.15) is 26.2 Å². The van der Waals surface area contributed by atoms with E-state index in [1.165, 1.54) is 19.3 Å². The molecule has 0 saturated heterocycles. The molecular weight excluding hydrogens is 358 g/mol. The van der Waals surface area contributed by atoms with Crippen molar-refractivity contribution in [2.75, 3.05) is 0 Å². The van der Waals surface area contributed by atoms with Crippen molar-refractivity contribution in [1.29, 1.82) is 0 Å². The molecule has 0 amide bonds. The molecule has 0 nitrogen and oxygen atoms in total. The van der Waals surface area contributed by atoms with E-state index in [2.05, 4.69) is 50.4 Å². The Bertz CT molecular complexity index is 452. The molecule has 0 spiro atoms. The molecule has 0 aliphatic heterocycles. The summed E-state index contributed by atoms with van der Waals surface area (Å²) in [6.07, 6.45) is 15.8. The zero-order valence-corrected chi connectivity index (χ0v) is 16.4. The van der Waals surface area contributed by atoms with E-state index < -0.39 is 20.4 Å². The molecule has 0 atom stereocenters. The van der Waals surface area contributed by atoms with Crippen molar-refractivity contribution in [3.05, 3.63) is 42.5 Å². The van der Waals surface area contributed by atoms with Gasteiger partial charge in [0.15, 0.2) is 0 Å². The van der Waals surface area contributed by atoms with Gasteiger partial charge in [0, 0.05) is 0 Å². The molecule has 100 valence electrons. The quantitative estimate of drug-likeness (QED) is 0.593. The predicted octanol–water partition coefficient (Wildman–Crippen LogP) is 5.17. The van der Waals surface area contributed by atoms with Gasteiger partial charge in [0.05, 0.1) is 0 Å². The summed E-state index contributed by atoms with van der Waals surface area (Å²) >= 11 is -1.39. The summed E-state index contributed by atoms with van der Waals surface area (Å²) in [5.41, 5.74) is 1.50. The van der Waals surface area contributed by atoms with Crippen LogP contribution in [-0.4, -0.2) is 5.43 Å². The summed E-state index contributed by atoms with van der Waals surface area (Å²) in [4.78, 5) is 0. The minimum atomic E-state index is -1.39. The molecule has 0 radical (unpaired) electrons. The summed E-state index contributed by atoms with van der Waals surface area (Å²) in [5, 5.41) is 0. The van der Waals surface area contributed by atoms with Crippen LogP contribution in [0.2, 0.25) is 13.1 Å². The van der Waals surface area contributed by atoms with Gasteiger partial charge >= 0.3 is 108 Å². The Kier molecular flexibility index (Phi) is 9.05. The van der Waals surface area contributed by atoms with Gasteiger partial charge in [-0.25, -0.2) is 0 Å². The van der Waals surface area contributed by atoms with E-state index in [-0.39, 0.29) is 30.2 Å². The van der Waals surface area contributed by atoms with Crippen LogP contribution in [0, 0.1) is 0 Å². The topological polar surface area (TPSA) is 0 Å². The van der Waals surface area contributed by atoms with Gasteiger partial charge in [0.2, 0.25) is 0 Å². The Hall–Kier alpha value is 0.640. The van der Waals surface area contributed by atoms with Crippen molar-refractivity contribution in [3.8, 4) is 0 Å². The molecule has 0 unspecified atom stereocenters. The molecule has 0 aromatic carbocycles. The Morgan fingerprint density at radius 1 is 1.17 bits per heavy atom. The number of hydrogen-bond acceptors (Lipinski definition) is 0. The fraction of sp³-hybridized carbons (Fsp3) is 0.429. The maximum atomic E-state index is 2.55. The van der Waals surface area contributed by atoms with E-state index in [0.717, 1.165) is 0 Å². The summed E-state index contributed by atoms with van der Waals surface area (Å²) < 4.78 is 3.71. The van der Waals surface area contributed by atoms with Crippen LogP contribution < -0.4 is 0 Å². The molecule has 4 heteroatoms. The first kappa shape index (κ1) is 18.6. The second-order valence-corrected chi connectivity index (χ2v) is 22.0. The van der Waals surface area contributed by atoms with Gasteiger partial charge < -0.3 is 0 Å². The Labute approximate surface area is 131 Å². The van der Waals surface area contributed by atoms with E-state index in [0.29, 0.717) is 0 Å². The molecule has 0 heterocycles. The van der Waals surface area contributed by atoms with Crippen molar-refractivity contribution in [2.24, 2.45) is 0 Å². The van der Waals surface area contributed by atoms with E-state index in [9.17, 15) is 0 Å². The zero-order valence-electron chi connectivity index (χ0n) is 11.3. The van der Waals surface area contributed by atoms with Gasteiger partial charge in [0.1, 0.15) is 0 Å². The molecule has 0 fully saturated rings. The average molecular weight is 381 g/mol. The van der Waals surface area contributed by atoms with Gasteiger partial charge in [-0.2, -0.15) is 0 Å². The predicted molar refractivity (Wildman–Crippen MR) is 84.9 cm³/mol. The van der Waals surface area contributed by atoms with Gasteiger partial charge in [-0.1, -0.05) is 0 Å². The van der Waals surface area contributed by atoms with E-state index >= 15 is 0 Å². The molecule has 18 heavy (non-hydrogen) atoms. The molecular formula is C14H22Cl2SiZr. The van der Waals surface area contributed by atoms with Crippen LogP contribution in [0.25, 0.3) is 0 Å². The van der Waals surface area contributed by atoms with E-state index in [1.54, 1.807) is 5.57 Å². The third kappa shape index (κ3) is 4.34. The number of halogens is 2. The third-order valence-electron chi connectivity index (χ3n) is 3.27. The SMILES string of the molecule is CCC1=CC[C]([Zr]([C]2=CC=CC2)=[Si](C)C)=C1.Cl.Cl. The molecule has 2 rings (SSSR count). The second-order valence-electron chi connectivity index (χ2n) is 4.71. The van der Waals surface area contributed by atoms with Crippen LogP contribution in [0.5, 0.6) is 0 Å². The monoisotopic (exact) mass is 378 g/mol. The van der Waals surface area contributed by atoms with Crippen molar-refractivity contribution in [2.45, 2.75) is 39.3 Å². The minimum absolute atomic E-state index is 0. The molecule has 0 aromatic heterocycles. The molecule has 2 aliphatic carbocycles.